The maximum absolute atomic E-state index is 13.1. The highest BCUT2D eigenvalue weighted by Crippen LogP contribution is 2.33. The number of halogens is 1. The predicted octanol–water partition coefficient (Wildman–Crippen LogP) is 3.98. The Morgan fingerprint density at radius 3 is 2.30 bits per heavy atom. The van der Waals surface area contributed by atoms with Crippen LogP contribution in [0, 0.1) is 5.82 Å². The van der Waals surface area contributed by atoms with E-state index < -0.39 is 5.60 Å². The Labute approximate surface area is 160 Å². The Balaban J connectivity index is 1.48. The van der Waals surface area contributed by atoms with E-state index in [-0.39, 0.29) is 11.9 Å². The number of likely N-dealkylation sites (tertiary alicyclic amines) is 1. The summed E-state index contributed by atoms with van der Waals surface area (Å²) in [6.45, 7) is 6.89. The third kappa shape index (κ3) is 5.21. The molecule has 0 amide bonds. The van der Waals surface area contributed by atoms with Crippen LogP contribution in [0.25, 0.3) is 0 Å². The minimum Gasteiger partial charge on any atom is -0.488 e. The molecular formula is C22H28FNO3. The Morgan fingerprint density at radius 1 is 1.04 bits per heavy atom. The first-order valence-corrected chi connectivity index (χ1v) is 9.55. The molecule has 2 aromatic rings. The van der Waals surface area contributed by atoms with E-state index in [2.05, 4.69) is 4.90 Å². The minimum atomic E-state index is -0.872. The molecule has 1 fully saturated rings. The molecular weight excluding hydrogens is 345 g/mol. The smallest absolute Gasteiger partial charge is 0.161 e. The van der Waals surface area contributed by atoms with Crippen LogP contribution in [0.1, 0.15) is 32.3 Å². The fourth-order valence-corrected chi connectivity index (χ4v) is 3.40. The third-order valence-electron chi connectivity index (χ3n) is 4.94. The molecule has 1 N–H and O–H groups in total. The Kier molecular flexibility index (Phi) is 6.34. The monoisotopic (exact) mass is 373 g/mol. The molecule has 0 bridgehead atoms. The fraction of sp³-hybridized carbons (Fsp3) is 0.455. The second-order valence-corrected chi connectivity index (χ2v) is 7.34. The summed E-state index contributed by atoms with van der Waals surface area (Å²) in [7, 11) is 0. The Morgan fingerprint density at radius 2 is 1.67 bits per heavy atom. The van der Waals surface area contributed by atoms with E-state index in [1.54, 1.807) is 12.1 Å². The van der Waals surface area contributed by atoms with E-state index in [1.807, 2.05) is 38.1 Å². The molecule has 1 heterocycles. The van der Waals surface area contributed by atoms with Crippen molar-refractivity contribution in [3.05, 3.63) is 59.9 Å². The molecule has 27 heavy (non-hydrogen) atoms. The van der Waals surface area contributed by atoms with Gasteiger partial charge in [-0.25, -0.2) is 4.39 Å². The maximum atomic E-state index is 13.1. The summed E-state index contributed by atoms with van der Waals surface area (Å²) < 4.78 is 24.8. The van der Waals surface area contributed by atoms with E-state index in [0.29, 0.717) is 19.4 Å². The molecule has 0 saturated carbocycles. The second-order valence-electron chi connectivity index (χ2n) is 7.34. The standard InChI is InChI=1S/C22H28FNO3/c1-17(2)27-21-6-4-3-5-20(21)26-16-15-24-13-11-22(25,12-14-24)18-7-9-19(23)10-8-18/h3-10,17,25H,11-16H2,1-2H3. The first-order valence-electron chi connectivity index (χ1n) is 9.55. The van der Waals surface area contributed by atoms with Crippen molar-refractivity contribution < 1.29 is 19.0 Å². The number of piperidine rings is 1. The van der Waals surface area contributed by atoms with Gasteiger partial charge in [0.2, 0.25) is 0 Å². The average molecular weight is 373 g/mol. The SMILES string of the molecule is CC(C)Oc1ccccc1OCCN1CCC(O)(c2ccc(F)cc2)CC1. The van der Waals surface area contributed by atoms with Crippen LogP contribution in [0.4, 0.5) is 4.39 Å². The largest absolute Gasteiger partial charge is 0.488 e. The molecule has 1 aliphatic rings. The number of hydrogen-bond donors (Lipinski definition) is 1. The van der Waals surface area contributed by atoms with Crippen molar-refractivity contribution in [1.29, 1.82) is 0 Å². The van der Waals surface area contributed by atoms with Gasteiger partial charge in [0.1, 0.15) is 12.4 Å². The molecule has 1 aliphatic heterocycles. The van der Waals surface area contributed by atoms with Crippen molar-refractivity contribution in [2.24, 2.45) is 0 Å². The zero-order valence-electron chi connectivity index (χ0n) is 16.0. The van der Waals surface area contributed by atoms with E-state index in [9.17, 15) is 9.50 Å². The Hall–Kier alpha value is -2.11. The highest BCUT2D eigenvalue weighted by molar-refractivity contribution is 5.39. The second kappa shape index (κ2) is 8.72. The third-order valence-corrected chi connectivity index (χ3v) is 4.94. The fourth-order valence-electron chi connectivity index (χ4n) is 3.40. The predicted molar refractivity (Wildman–Crippen MR) is 104 cm³/mol. The lowest BCUT2D eigenvalue weighted by Gasteiger charge is -2.38. The van der Waals surface area contributed by atoms with Gasteiger partial charge in [-0.05, 0) is 56.5 Å². The molecule has 5 heteroatoms. The normalized spacial score (nSPS) is 17.1. The summed E-state index contributed by atoms with van der Waals surface area (Å²) in [5.74, 6) is 1.24. The highest BCUT2D eigenvalue weighted by atomic mass is 19.1. The van der Waals surface area contributed by atoms with Crippen LogP contribution in [0.2, 0.25) is 0 Å². The van der Waals surface area contributed by atoms with Crippen LogP contribution >= 0.6 is 0 Å². The van der Waals surface area contributed by atoms with Gasteiger partial charge in [0.25, 0.3) is 0 Å². The molecule has 0 unspecified atom stereocenters. The molecule has 0 radical (unpaired) electrons. The molecule has 0 spiro atoms. The van der Waals surface area contributed by atoms with Crippen LogP contribution in [0.3, 0.4) is 0 Å². The number of nitrogens with zero attached hydrogens (tertiary/aromatic N) is 1. The van der Waals surface area contributed by atoms with Crippen LogP contribution in [-0.2, 0) is 5.60 Å². The zero-order valence-corrected chi connectivity index (χ0v) is 16.0. The van der Waals surface area contributed by atoms with Crippen molar-refractivity contribution in [1.82, 2.24) is 4.90 Å². The molecule has 0 aromatic heterocycles. The van der Waals surface area contributed by atoms with Gasteiger partial charge in [0.05, 0.1) is 11.7 Å². The van der Waals surface area contributed by atoms with Gasteiger partial charge in [-0.2, -0.15) is 0 Å². The number of rotatable bonds is 7. The molecule has 1 saturated heterocycles. The van der Waals surface area contributed by atoms with Gasteiger partial charge in [-0.3, -0.25) is 4.90 Å². The number of ether oxygens (including phenoxy) is 2. The topological polar surface area (TPSA) is 41.9 Å². The van der Waals surface area contributed by atoms with Gasteiger partial charge < -0.3 is 14.6 Å². The van der Waals surface area contributed by atoms with Crippen molar-refractivity contribution in [3.8, 4) is 11.5 Å². The molecule has 0 atom stereocenters. The lowest BCUT2D eigenvalue weighted by atomic mass is 9.84. The Bertz CT molecular complexity index is 725. The van der Waals surface area contributed by atoms with E-state index in [0.717, 1.165) is 36.7 Å². The van der Waals surface area contributed by atoms with Crippen molar-refractivity contribution >= 4 is 0 Å². The zero-order chi connectivity index (χ0) is 19.3. The van der Waals surface area contributed by atoms with E-state index in [4.69, 9.17) is 9.47 Å². The molecule has 3 rings (SSSR count). The minimum absolute atomic E-state index is 0.0981. The summed E-state index contributed by atoms with van der Waals surface area (Å²) in [5, 5.41) is 10.9. The summed E-state index contributed by atoms with van der Waals surface area (Å²) in [5.41, 5.74) is -0.0810. The quantitative estimate of drug-likeness (QED) is 0.797. The van der Waals surface area contributed by atoms with Crippen LogP contribution in [-0.4, -0.2) is 42.4 Å². The van der Waals surface area contributed by atoms with Crippen LogP contribution in [0.15, 0.2) is 48.5 Å². The number of aliphatic hydroxyl groups is 1. The maximum Gasteiger partial charge on any atom is 0.161 e. The van der Waals surface area contributed by atoms with E-state index in [1.165, 1.54) is 12.1 Å². The molecule has 2 aromatic carbocycles. The van der Waals surface area contributed by atoms with Crippen molar-refractivity contribution in [2.75, 3.05) is 26.2 Å². The number of para-hydroxylation sites is 2. The first-order chi connectivity index (χ1) is 13.0. The van der Waals surface area contributed by atoms with Crippen LogP contribution < -0.4 is 9.47 Å². The number of benzene rings is 2. The summed E-state index contributed by atoms with van der Waals surface area (Å²) in [6.07, 6.45) is 1.36. The molecule has 4 nitrogen and oxygen atoms in total. The van der Waals surface area contributed by atoms with E-state index >= 15 is 0 Å². The number of hydrogen-bond acceptors (Lipinski definition) is 4. The lowest BCUT2D eigenvalue weighted by Crippen LogP contribution is -2.43. The van der Waals surface area contributed by atoms with Gasteiger partial charge in [0, 0.05) is 19.6 Å². The highest BCUT2D eigenvalue weighted by Gasteiger charge is 2.33. The summed E-state index contributed by atoms with van der Waals surface area (Å²) in [4.78, 5) is 2.28. The van der Waals surface area contributed by atoms with Gasteiger partial charge in [-0.1, -0.05) is 24.3 Å². The lowest BCUT2D eigenvalue weighted by molar-refractivity contribution is -0.0279. The van der Waals surface area contributed by atoms with Gasteiger partial charge in [-0.15, -0.1) is 0 Å². The molecule has 0 aliphatic carbocycles. The molecule has 146 valence electrons. The van der Waals surface area contributed by atoms with Gasteiger partial charge >= 0.3 is 0 Å². The first kappa shape index (κ1) is 19.6. The summed E-state index contributed by atoms with van der Waals surface area (Å²) in [6, 6.07) is 13.9. The van der Waals surface area contributed by atoms with Crippen molar-refractivity contribution in [2.45, 2.75) is 38.4 Å². The van der Waals surface area contributed by atoms with Gasteiger partial charge in [0.15, 0.2) is 11.5 Å². The van der Waals surface area contributed by atoms with Crippen LogP contribution in [0.5, 0.6) is 11.5 Å². The van der Waals surface area contributed by atoms with Crippen molar-refractivity contribution in [3.63, 3.8) is 0 Å². The average Bonchev–Trinajstić information content (AvgIpc) is 2.65. The summed E-state index contributed by atoms with van der Waals surface area (Å²) >= 11 is 0.